The second kappa shape index (κ2) is 8.70. The molecule has 3 heterocycles. The highest BCUT2D eigenvalue weighted by Crippen LogP contribution is 2.30. The number of fused-ring (bicyclic) bond motifs is 1. The summed E-state index contributed by atoms with van der Waals surface area (Å²) >= 11 is 7.92. The lowest BCUT2D eigenvalue weighted by atomic mass is 10.3. The van der Waals surface area contributed by atoms with E-state index >= 15 is 0 Å². The Bertz CT molecular complexity index is 1170. The molecule has 0 spiro atoms. The van der Waals surface area contributed by atoms with E-state index in [1.165, 1.54) is 28.9 Å². The molecule has 3 N–H and O–H groups in total. The van der Waals surface area contributed by atoms with E-state index in [9.17, 15) is 0 Å². The lowest BCUT2D eigenvalue weighted by Crippen LogP contribution is -2.25. The van der Waals surface area contributed by atoms with Crippen molar-refractivity contribution in [2.45, 2.75) is 12.8 Å². The van der Waals surface area contributed by atoms with Crippen molar-refractivity contribution in [3.05, 3.63) is 47.5 Å². The van der Waals surface area contributed by atoms with Crippen LogP contribution in [0.5, 0.6) is 5.75 Å². The number of nitrogens with one attached hydrogen (secondary N) is 1. The summed E-state index contributed by atoms with van der Waals surface area (Å²) in [6, 6.07) is 13.4. The quantitative estimate of drug-likeness (QED) is 0.428. The van der Waals surface area contributed by atoms with E-state index in [1.54, 1.807) is 6.07 Å². The molecule has 2 aromatic heterocycles. The van der Waals surface area contributed by atoms with E-state index < -0.39 is 0 Å². The number of hydrogen-bond donors (Lipinski definition) is 2. The highest BCUT2D eigenvalue weighted by atomic mass is 35.5. The molecular formula is C21H22ClN7OS. The van der Waals surface area contributed by atoms with E-state index in [0.29, 0.717) is 28.5 Å². The lowest BCUT2D eigenvalue weighted by Gasteiger charge is -2.15. The topological polar surface area (TPSA) is 94.1 Å². The molecule has 0 amide bonds. The van der Waals surface area contributed by atoms with Gasteiger partial charge in [-0.1, -0.05) is 35.1 Å². The number of hydrogen-bond acceptors (Lipinski definition) is 8. The van der Waals surface area contributed by atoms with Crippen LogP contribution in [0.15, 0.2) is 42.5 Å². The van der Waals surface area contributed by atoms with Gasteiger partial charge in [-0.2, -0.15) is 9.67 Å². The van der Waals surface area contributed by atoms with Crippen LogP contribution in [-0.2, 0) is 0 Å². The number of benzene rings is 2. The van der Waals surface area contributed by atoms with Gasteiger partial charge in [-0.05, 0) is 56.3 Å². The molecule has 8 nitrogen and oxygen atoms in total. The molecule has 4 aromatic rings. The maximum atomic E-state index is 6.41. The smallest absolute Gasteiger partial charge is 0.248 e. The summed E-state index contributed by atoms with van der Waals surface area (Å²) in [4.78, 5) is 11.3. The molecular weight excluding hydrogens is 434 g/mol. The second-order valence-corrected chi connectivity index (χ2v) is 8.75. The highest BCUT2D eigenvalue weighted by molar-refractivity contribution is 7.20. The second-order valence-electron chi connectivity index (χ2n) is 7.34. The van der Waals surface area contributed by atoms with E-state index in [1.807, 2.05) is 36.4 Å². The first kappa shape index (κ1) is 20.0. The Balaban J connectivity index is 1.26. The van der Waals surface area contributed by atoms with E-state index in [2.05, 4.69) is 25.3 Å². The molecule has 0 aliphatic carbocycles. The third kappa shape index (κ3) is 4.43. The normalized spacial score (nSPS) is 14.4. The van der Waals surface area contributed by atoms with Gasteiger partial charge in [0, 0.05) is 12.2 Å². The zero-order valence-corrected chi connectivity index (χ0v) is 18.4. The summed E-state index contributed by atoms with van der Waals surface area (Å²) in [7, 11) is 0. The van der Waals surface area contributed by atoms with Gasteiger partial charge in [0.2, 0.25) is 17.0 Å². The van der Waals surface area contributed by atoms with Crippen LogP contribution in [-0.4, -0.2) is 50.9 Å². The van der Waals surface area contributed by atoms with Gasteiger partial charge in [0.05, 0.1) is 15.2 Å². The molecule has 31 heavy (non-hydrogen) atoms. The molecule has 0 atom stereocenters. The average molecular weight is 456 g/mol. The van der Waals surface area contributed by atoms with Crippen LogP contribution in [0.2, 0.25) is 5.02 Å². The van der Waals surface area contributed by atoms with Crippen LogP contribution >= 0.6 is 22.9 Å². The van der Waals surface area contributed by atoms with Crippen LogP contribution in [0.4, 0.5) is 17.6 Å². The minimum atomic E-state index is 0.259. The molecule has 0 saturated carbocycles. The molecule has 1 aliphatic rings. The fourth-order valence-corrected chi connectivity index (χ4v) is 4.75. The summed E-state index contributed by atoms with van der Waals surface area (Å²) in [5, 5.41) is 8.80. The lowest BCUT2D eigenvalue weighted by molar-refractivity contribution is 0.238. The summed E-state index contributed by atoms with van der Waals surface area (Å²) in [6.45, 7) is 3.85. The zero-order chi connectivity index (χ0) is 21.2. The number of ether oxygens (including phenoxy) is 1. The third-order valence-electron chi connectivity index (χ3n) is 5.15. The fourth-order valence-electron chi connectivity index (χ4n) is 3.58. The number of thiazole rings is 1. The number of nitrogen functional groups attached to an aromatic ring is 1. The molecule has 5 rings (SSSR count). The first-order valence-corrected chi connectivity index (χ1v) is 11.4. The van der Waals surface area contributed by atoms with Gasteiger partial charge in [-0.15, -0.1) is 5.10 Å². The van der Waals surface area contributed by atoms with Crippen LogP contribution < -0.4 is 15.8 Å². The Kier molecular flexibility index (Phi) is 5.63. The predicted octanol–water partition coefficient (Wildman–Crippen LogP) is 4.33. The van der Waals surface area contributed by atoms with Crippen molar-refractivity contribution < 1.29 is 4.74 Å². The molecule has 1 aliphatic heterocycles. The van der Waals surface area contributed by atoms with E-state index in [0.717, 1.165) is 35.5 Å². The number of nitrogens with zero attached hydrogens (tertiary/aromatic N) is 5. The SMILES string of the molecule is Nc1nc(Nc2ccc(OCCN3CCCC3)c(Cl)c2)nn1-c1nc2ccccc2s1. The number of para-hydroxylation sites is 1. The fraction of sp³-hybridized carbons (Fsp3) is 0.286. The average Bonchev–Trinajstić information content (AvgIpc) is 3.49. The highest BCUT2D eigenvalue weighted by Gasteiger charge is 2.14. The number of likely N-dealkylation sites (tertiary alicyclic amines) is 1. The summed E-state index contributed by atoms with van der Waals surface area (Å²) < 4.78 is 8.45. The Hall–Kier alpha value is -2.88. The van der Waals surface area contributed by atoms with Crippen molar-refractivity contribution in [2.75, 3.05) is 37.3 Å². The molecule has 10 heteroatoms. The van der Waals surface area contributed by atoms with Crippen LogP contribution in [0.3, 0.4) is 0 Å². The molecule has 1 saturated heterocycles. The largest absolute Gasteiger partial charge is 0.491 e. The van der Waals surface area contributed by atoms with E-state index in [4.69, 9.17) is 22.1 Å². The van der Waals surface area contributed by atoms with Gasteiger partial charge in [0.15, 0.2) is 0 Å². The molecule has 160 valence electrons. The van der Waals surface area contributed by atoms with Gasteiger partial charge in [0.25, 0.3) is 0 Å². The Morgan fingerprint density at radius 1 is 1.13 bits per heavy atom. The third-order valence-corrected chi connectivity index (χ3v) is 6.46. The molecule has 2 aromatic carbocycles. The Labute approximate surface area is 188 Å². The number of halogens is 1. The number of aromatic nitrogens is 4. The first-order valence-electron chi connectivity index (χ1n) is 10.2. The first-order chi connectivity index (χ1) is 15.2. The van der Waals surface area contributed by atoms with Crippen molar-refractivity contribution in [2.24, 2.45) is 0 Å². The zero-order valence-electron chi connectivity index (χ0n) is 16.8. The minimum Gasteiger partial charge on any atom is -0.491 e. The number of anilines is 3. The van der Waals surface area contributed by atoms with Crippen molar-refractivity contribution in [3.8, 4) is 10.9 Å². The summed E-state index contributed by atoms with van der Waals surface area (Å²) in [5.41, 5.74) is 7.73. The van der Waals surface area contributed by atoms with Crippen molar-refractivity contribution >= 4 is 50.7 Å². The summed E-state index contributed by atoms with van der Waals surface area (Å²) in [6.07, 6.45) is 2.54. The molecule has 0 bridgehead atoms. The molecule has 0 unspecified atom stereocenters. The Morgan fingerprint density at radius 3 is 2.77 bits per heavy atom. The van der Waals surface area contributed by atoms with Crippen molar-refractivity contribution in [3.63, 3.8) is 0 Å². The van der Waals surface area contributed by atoms with Gasteiger partial charge in [-0.3, -0.25) is 4.90 Å². The summed E-state index contributed by atoms with van der Waals surface area (Å²) in [5.74, 6) is 1.30. The van der Waals surface area contributed by atoms with Crippen LogP contribution in [0.25, 0.3) is 15.3 Å². The van der Waals surface area contributed by atoms with Crippen LogP contribution in [0.1, 0.15) is 12.8 Å². The maximum absolute atomic E-state index is 6.41. The predicted molar refractivity (Wildman–Crippen MR) is 125 cm³/mol. The molecule has 0 radical (unpaired) electrons. The molecule has 1 fully saturated rings. The van der Waals surface area contributed by atoms with Gasteiger partial charge in [-0.25, -0.2) is 4.98 Å². The van der Waals surface area contributed by atoms with E-state index in [-0.39, 0.29) is 5.95 Å². The maximum Gasteiger partial charge on any atom is 0.248 e. The standard InChI is InChI=1S/C21H22ClN7OS/c22-15-13-14(7-8-17(15)30-12-11-28-9-3-4-10-28)24-20-26-19(23)29(27-20)21-25-16-5-1-2-6-18(16)31-21/h1-2,5-8,13H,3-4,9-12H2,(H3,23,24,26,27). The number of nitrogens with two attached hydrogens (primary N) is 1. The van der Waals surface area contributed by atoms with Gasteiger partial charge < -0.3 is 15.8 Å². The van der Waals surface area contributed by atoms with Crippen LogP contribution in [0, 0.1) is 0 Å². The minimum absolute atomic E-state index is 0.259. The van der Waals surface area contributed by atoms with Crippen molar-refractivity contribution in [1.82, 2.24) is 24.6 Å². The van der Waals surface area contributed by atoms with Crippen molar-refractivity contribution in [1.29, 1.82) is 0 Å². The van der Waals surface area contributed by atoms with Gasteiger partial charge in [0.1, 0.15) is 12.4 Å². The monoisotopic (exact) mass is 455 g/mol. The number of rotatable bonds is 7. The van der Waals surface area contributed by atoms with Gasteiger partial charge >= 0.3 is 0 Å². The Morgan fingerprint density at radius 2 is 1.97 bits per heavy atom.